The fraction of sp³-hybridized carbons (Fsp3) is 0. The zero-order valence-corrected chi connectivity index (χ0v) is 28.4. The molecule has 0 aliphatic carbocycles. The third-order valence-corrected chi connectivity index (χ3v) is 11.1. The summed E-state index contributed by atoms with van der Waals surface area (Å²) in [4.78, 5) is 0. The lowest BCUT2D eigenvalue weighted by Crippen LogP contribution is -1.91. The van der Waals surface area contributed by atoms with Crippen LogP contribution in [0.4, 0.5) is 0 Å². The van der Waals surface area contributed by atoms with E-state index in [0.717, 1.165) is 77.1 Å². The minimum atomic E-state index is 0.769. The lowest BCUT2D eigenvalue weighted by Gasteiger charge is -2.18. The zero-order chi connectivity index (χ0) is 34.6. The highest BCUT2D eigenvalue weighted by Gasteiger charge is 2.22. The molecule has 3 aromatic heterocycles. The van der Waals surface area contributed by atoms with E-state index in [1.165, 1.54) is 43.4 Å². The summed E-state index contributed by atoms with van der Waals surface area (Å²) in [5.41, 5.74) is 11.0. The minimum Gasteiger partial charge on any atom is -0.460 e. The molecule has 0 unspecified atom stereocenters. The maximum atomic E-state index is 6.92. The van der Waals surface area contributed by atoms with Crippen LogP contribution < -0.4 is 0 Å². The summed E-state index contributed by atoms with van der Waals surface area (Å²) in [7, 11) is 0. The van der Waals surface area contributed by atoms with Gasteiger partial charge in [-0.15, -0.1) is 0 Å². The molecule has 0 N–H and O–H groups in total. The first-order chi connectivity index (χ1) is 26.3. The van der Waals surface area contributed by atoms with Gasteiger partial charge in [0.05, 0.1) is 6.26 Å². The van der Waals surface area contributed by atoms with Gasteiger partial charge in [0.25, 0.3) is 0 Å². The maximum Gasteiger partial charge on any atom is 0.178 e. The standard InChI is InChI=1S/C50H28O3/c1-2-11-29(12-3-1)42-28-51-49-39(42)25-24-38-37-18-10-19-41(48(37)53-50(38)49)46-35-15-6-4-13-33(35)45(34-14-5-7-16-36(34)46)31-21-23-32-30(27-31)22-26-44-47(32)40-17-8-9-20-43(40)52-44/h1-28H. The lowest BCUT2D eigenvalue weighted by atomic mass is 9.85. The van der Waals surface area contributed by atoms with Crippen LogP contribution in [-0.2, 0) is 0 Å². The van der Waals surface area contributed by atoms with Crippen molar-refractivity contribution in [2.24, 2.45) is 0 Å². The highest BCUT2D eigenvalue weighted by atomic mass is 16.4. The van der Waals surface area contributed by atoms with Gasteiger partial charge in [-0.2, -0.15) is 0 Å². The Hall–Kier alpha value is -7.10. The summed E-state index contributed by atoms with van der Waals surface area (Å²) >= 11 is 0. The van der Waals surface area contributed by atoms with Crippen molar-refractivity contribution in [3.05, 3.63) is 170 Å². The van der Waals surface area contributed by atoms with Crippen LogP contribution in [0.25, 0.3) is 121 Å². The first-order valence-electron chi connectivity index (χ1n) is 18.0. The molecule has 0 aliphatic heterocycles. The predicted octanol–water partition coefficient (Wildman–Crippen LogP) is 14.7. The molecule has 3 nitrogen and oxygen atoms in total. The number of rotatable bonds is 3. The molecule has 0 fully saturated rings. The summed E-state index contributed by atoms with van der Waals surface area (Å²) < 4.78 is 19.4. The fourth-order valence-electron chi connectivity index (χ4n) is 8.82. The van der Waals surface area contributed by atoms with E-state index in [1.54, 1.807) is 0 Å². The van der Waals surface area contributed by atoms with E-state index in [-0.39, 0.29) is 0 Å². The molecule has 0 aliphatic rings. The van der Waals surface area contributed by atoms with E-state index in [9.17, 15) is 0 Å². The van der Waals surface area contributed by atoms with Crippen LogP contribution in [0.3, 0.4) is 0 Å². The second-order valence-electron chi connectivity index (χ2n) is 13.9. The van der Waals surface area contributed by atoms with Crippen molar-refractivity contribution >= 4 is 87.2 Å². The SMILES string of the molecule is c1ccc(-c2coc3c2ccc2c4cccc(-c5c6ccccc6c(-c6ccc7c(ccc8oc9ccccc9c87)c6)c6ccccc56)c4oc23)cc1. The van der Waals surface area contributed by atoms with Gasteiger partial charge in [0.15, 0.2) is 11.2 Å². The van der Waals surface area contributed by atoms with Crippen molar-refractivity contribution in [3.63, 3.8) is 0 Å². The number of hydrogen-bond acceptors (Lipinski definition) is 3. The third-order valence-electron chi connectivity index (χ3n) is 11.1. The molecule has 9 aromatic carbocycles. The van der Waals surface area contributed by atoms with Crippen molar-refractivity contribution < 1.29 is 13.3 Å². The van der Waals surface area contributed by atoms with Gasteiger partial charge < -0.3 is 13.3 Å². The van der Waals surface area contributed by atoms with Crippen LogP contribution in [0.1, 0.15) is 0 Å². The number of hydrogen-bond donors (Lipinski definition) is 0. The fourth-order valence-corrected chi connectivity index (χ4v) is 8.82. The second kappa shape index (κ2) is 10.7. The molecule has 0 saturated carbocycles. The molecule has 0 bridgehead atoms. The van der Waals surface area contributed by atoms with Gasteiger partial charge in [-0.05, 0) is 79.3 Å². The molecule has 0 radical (unpaired) electrons. The van der Waals surface area contributed by atoms with Gasteiger partial charge in [-0.25, -0.2) is 0 Å². The van der Waals surface area contributed by atoms with Crippen LogP contribution in [-0.4, -0.2) is 0 Å². The molecule has 12 aromatic rings. The Morgan fingerprint density at radius 1 is 0.321 bits per heavy atom. The van der Waals surface area contributed by atoms with Crippen molar-refractivity contribution in [2.45, 2.75) is 0 Å². The Kier molecular flexibility index (Phi) is 5.77. The van der Waals surface area contributed by atoms with Gasteiger partial charge in [0.2, 0.25) is 0 Å². The van der Waals surface area contributed by atoms with Crippen molar-refractivity contribution in [3.8, 4) is 33.4 Å². The molecule has 0 spiro atoms. The molecule has 3 heterocycles. The van der Waals surface area contributed by atoms with Crippen molar-refractivity contribution in [2.75, 3.05) is 0 Å². The molecule has 246 valence electrons. The topological polar surface area (TPSA) is 39.4 Å². The summed E-state index contributed by atoms with van der Waals surface area (Å²) in [6, 6.07) is 58.3. The van der Waals surface area contributed by atoms with Crippen LogP contribution in [0.15, 0.2) is 183 Å². The van der Waals surface area contributed by atoms with E-state index >= 15 is 0 Å². The van der Waals surface area contributed by atoms with Crippen LogP contribution in [0.5, 0.6) is 0 Å². The summed E-state index contributed by atoms with van der Waals surface area (Å²) in [6.45, 7) is 0. The quantitative estimate of drug-likeness (QED) is 0.175. The average molecular weight is 677 g/mol. The number of fused-ring (bicyclic) bond motifs is 12. The van der Waals surface area contributed by atoms with E-state index in [0.29, 0.717) is 0 Å². The van der Waals surface area contributed by atoms with Gasteiger partial charge in [-0.3, -0.25) is 0 Å². The molecule has 0 saturated heterocycles. The molecule has 12 rings (SSSR count). The Balaban J connectivity index is 1.11. The van der Waals surface area contributed by atoms with Crippen LogP contribution >= 0.6 is 0 Å². The monoisotopic (exact) mass is 676 g/mol. The lowest BCUT2D eigenvalue weighted by molar-refractivity contribution is 0.601. The van der Waals surface area contributed by atoms with Crippen molar-refractivity contribution in [1.82, 2.24) is 0 Å². The number of para-hydroxylation sites is 2. The zero-order valence-electron chi connectivity index (χ0n) is 28.4. The normalized spacial score (nSPS) is 12.2. The first-order valence-corrected chi connectivity index (χ1v) is 18.0. The average Bonchev–Trinajstić information content (AvgIpc) is 3.94. The Bertz CT molecular complexity index is 3390. The molecule has 3 heteroatoms. The summed E-state index contributed by atoms with van der Waals surface area (Å²) in [5, 5.41) is 12.6. The van der Waals surface area contributed by atoms with Gasteiger partial charge in [0, 0.05) is 43.6 Å². The van der Waals surface area contributed by atoms with Gasteiger partial charge in [-0.1, -0.05) is 133 Å². The van der Waals surface area contributed by atoms with E-state index in [4.69, 9.17) is 13.3 Å². The smallest absolute Gasteiger partial charge is 0.178 e. The van der Waals surface area contributed by atoms with Gasteiger partial charge in [0.1, 0.15) is 16.7 Å². The highest BCUT2D eigenvalue weighted by molar-refractivity contribution is 6.26. The largest absolute Gasteiger partial charge is 0.460 e. The van der Waals surface area contributed by atoms with E-state index in [2.05, 4.69) is 146 Å². The molecule has 53 heavy (non-hydrogen) atoms. The molecule has 0 amide bonds. The first kappa shape index (κ1) is 28.6. The maximum absolute atomic E-state index is 6.92. The number of benzene rings is 9. The van der Waals surface area contributed by atoms with Crippen molar-refractivity contribution in [1.29, 1.82) is 0 Å². The molecule has 0 atom stereocenters. The van der Waals surface area contributed by atoms with Gasteiger partial charge >= 0.3 is 0 Å². The van der Waals surface area contributed by atoms with Crippen LogP contribution in [0, 0.1) is 0 Å². The Morgan fingerprint density at radius 2 is 0.962 bits per heavy atom. The summed E-state index contributed by atoms with van der Waals surface area (Å²) in [5.74, 6) is 0. The van der Waals surface area contributed by atoms with Crippen LogP contribution in [0.2, 0.25) is 0 Å². The molecular weight excluding hydrogens is 649 g/mol. The predicted molar refractivity (Wildman–Crippen MR) is 220 cm³/mol. The minimum absolute atomic E-state index is 0.769. The van der Waals surface area contributed by atoms with E-state index < -0.39 is 0 Å². The second-order valence-corrected chi connectivity index (χ2v) is 13.9. The number of furan rings is 3. The molecular formula is C50H28O3. The highest BCUT2D eigenvalue weighted by Crippen LogP contribution is 2.48. The Labute approximate surface area is 302 Å². The Morgan fingerprint density at radius 3 is 1.75 bits per heavy atom. The van der Waals surface area contributed by atoms with E-state index in [1.807, 2.05) is 24.5 Å². The third kappa shape index (κ3) is 3.99. The summed E-state index contributed by atoms with van der Waals surface area (Å²) in [6.07, 6.45) is 1.85.